The number of aromatic amines is 2. The Bertz CT molecular complexity index is 2850. The maximum absolute atomic E-state index is 14.3. The Morgan fingerprint density at radius 3 is 1.53 bits per heavy atom. The number of aliphatic carboxylic acids is 2. The van der Waals surface area contributed by atoms with Crippen LogP contribution in [0.15, 0.2) is 97.3 Å². The van der Waals surface area contributed by atoms with Gasteiger partial charge in [0.25, 0.3) is 11.8 Å². The summed E-state index contributed by atoms with van der Waals surface area (Å²) in [7, 11) is 0. The molecule has 4 aromatic carbocycles. The van der Waals surface area contributed by atoms with E-state index in [0.717, 1.165) is 11.1 Å². The van der Waals surface area contributed by atoms with Crippen LogP contribution in [-0.4, -0.2) is 114 Å². The Hall–Kier alpha value is -7.82. The normalized spacial score (nSPS) is 12.7. The van der Waals surface area contributed by atoms with Gasteiger partial charge in [0.15, 0.2) is 11.4 Å². The molecule has 24 heteroatoms. The molecule has 6 rings (SSSR count). The molecule has 0 unspecified atom stereocenters. The lowest BCUT2D eigenvalue weighted by atomic mass is 9.93. The number of carbonyl (C=O) groups excluding carboxylic acids is 4. The molecule has 0 spiro atoms. The highest BCUT2D eigenvalue weighted by Gasteiger charge is 2.27. The second kappa shape index (κ2) is 28.0. The summed E-state index contributed by atoms with van der Waals surface area (Å²) >= 11 is 12.0. The van der Waals surface area contributed by atoms with Crippen molar-refractivity contribution in [3.8, 4) is 22.3 Å². The van der Waals surface area contributed by atoms with Gasteiger partial charge in [-0.05, 0) is 112 Å². The van der Waals surface area contributed by atoms with Crippen molar-refractivity contribution in [3.05, 3.63) is 142 Å². The van der Waals surface area contributed by atoms with Gasteiger partial charge in [-0.15, -0.1) is 0 Å². The molecular weight excluding hydrogens is 1020 g/mol. The van der Waals surface area contributed by atoms with Crippen molar-refractivity contribution in [2.45, 2.75) is 77.0 Å². The SMILES string of the molecule is CC(C)(C)OC(=O)NCCCC(=O)NC[C@H](C[C@@H](Cc1ccc(-c2cc(Cl)ccc2F)cc1)NC(=O)c1cn[nH]n1)C(=O)O.NC[C@H](C[C@@H](Cc1ccc(-c2cc(Cl)ccc2F)cc1)NC(=O)c1cn[nH]n1)C(=O)O. The molecule has 10 N–H and O–H groups in total. The first-order valence-corrected chi connectivity index (χ1v) is 24.2. The van der Waals surface area contributed by atoms with Crippen LogP contribution in [0.25, 0.3) is 22.3 Å². The second-order valence-electron chi connectivity index (χ2n) is 18.2. The van der Waals surface area contributed by atoms with E-state index >= 15 is 0 Å². The first-order chi connectivity index (χ1) is 35.7. The summed E-state index contributed by atoms with van der Waals surface area (Å²) in [5, 5.41) is 50.3. The number of carbonyl (C=O) groups is 6. The molecule has 0 bridgehead atoms. The molecule has 4 atom stereocenters. The van der Waals surface area contributed by atoms with Crippen LogP contribution in [-0.2, 0) is 32.0 Å². The Kier molecular flexibility index (Phi) is 21.7. The van der Waals surface area contributed by atoms with E-state index in [2.05, 4.69) is 52.1 Å². The third kappa shape index (κ3) is 19.2. The number of halogens is 4. The molecule has 0 fully saturated rings. The molecule has 20 nitrogen and oxygen atoms in total. The van der Waals surface area contributed by atoms with Gasteiger partial charge in [-0.25, -0.2) is 13.6 Å². The third-order valence-electron chi connectivity index (χ3n) is 11.2. The number of carboxylic acids is 2. The van der Waals surface area contributed by atoms with E-state index in [9.17, 15) is 47.8 Å². The smallest absolute Gasteiger partial charge is 0.407 e. The number of carboxylic acid groups (broad SMARTS) is 2. The van der Waals surface area contributed by atoms with E-state index in [4.69, 9.17) is 33.7 Å². The number of hydrogen-bond donors (Lipinski definition) is 9. The van der Waals surface area contributed by atoms with Gasteiger partial charge in [-0.3, -0.25) is 24.0 Å². The number of alkyl carbamates (subject to hydrolysis) is 1. The van der Waals surface area contributed by atoms with Crippen molar-refractivity contribution in [2.75, 3.05) is 19.6 Å². The van der Waals surface area contributed by atoms with Gasteiger partial charge in [0.05, 0.1) is 24.2 Å². The van der Waals surface area contributed by atoms with Gasteiger partial charge < -0.3 is 42.0 Å². The minimum Gasteiger partial charge on any atom is -0.481 e. The topological polar surface area (TPSA) is 309 Å². The minimum absolute atomic E-state index is 0.00984. The number of H-pyrrole nitrogens is 2. The molecule has 0 aliphatic heterocycles. The molecule has 0 aliphatic carbocycles. The Morgan fingerprint density at radius 2 is 1.13 bits per heavy atom. The standard InChI is InChI=1S/C30H36ClFN6O6.C21H21ClFN5O3/c1-30(2,3)44-29(43)33-12-4-5-26(39)34-16-20(28(41)42)14-22(36-27(40)25-17-35-38-37-25)13-18-6-8-19(9-7-18)23-15-21(31)10-11-24(23)32;22-15-5-6-18(23)17(9-15)13-3-1-12(2-4-13)7-16(8-14(10-24)21(30)31)26-20(29)19-11-25-28-27-19/h6-11,15,17,20,22H,4-5,12-14,16H2,1-3H3,(H,33,43)(H,34,39)(H,36,40)(H,41,42)(H,35,37,38);1-6,9,11,14,16H,7-8,10,24H2,(H,26,29)(H,30,31)(H,25,27,28)/t20-,22+;14-,16+/m00/s1. The second-order valence-corrected chi connectivity index (χ2v) is 19.1. The minimum atomic E-state index is -1.15. The number of nitrogens with zero attached hydrogens (tertiary/aromatic N) is 4. The molecule has 2 heterocycles. The van der Waals surface area contributed by atoms with Gasteiger partial charge in [0.1, 0.15) is 17.2 Å². The summed E-state index contributed by atoms with van der Waals surface area (Å²) in [6, 6.07) is 21.5. The van der Waals surface area contributed by atoms with E-state index in [-0.39, 0.29) is 68.4 Å². The van der Waals surface area contributed by atoms with Gasteiger partial charge >= 0.3 is 18.0 Å². The predicted molar refractivity (Wildman–Crippen MR) is 273 cm³/mol. The molecule has 0 saturated carbocycles. The highest BCUT2D eigenvalue weighted by atomic mass is 35.5. The predicted octanol–water partition coefficient (Wildman–Crippen LogP) is 6.77. The highest BCUT2D eigenvalue weighted by Crippen LogP contribution is 2.28. The number of nitrogens with two attached hydrogens (primary N) is 1. The number of amides is 4. The summed E-state index contributed by atoms with van der Waals surface area (Å²) in [5.74, 6) is -6.24. The first-order valence-electron chi connectivity index (χ1n) is 23.5. The fraction of sp³-hybridized carbons (Fsp3) is 0.333. The molecule has 4 amide bonds. The molecule has 6 aromatic rings. The van der Waals surface area contributed by atoms with Crippen LogP contribution in [0.5, 0.6) is 0 Å². The number of benzene rings is 4. The maximum atomic E-state index is 14.3. The van der Waals surface area contributed by atoms with Crippen LogP contribution >= 0.6 is 23.2 Å². The Morgan fingerprint density at radius 1 is 0.680 bits per heavy atom. The Balaban J connectivity index is 0.000000294. The van der Waals surface area contributed by atoms with E-state index < -0.39 is 65.2 Å². The first kappa shape index (κ1) is 58.1. The molecule has 75 heavy (non-hydrogen) atoms. The largest absolute Gasteiger partial charge is 0.481 e. The lowest BCUT2D eigenvalue weighted by molar-refractivity contribution is -0.143. The van der Waals surface area contributed by atoms with Crippen LogP contribution in [0.4, 0.5) is 13.6 Å². The lowest BCUT2D eigenvalue weighted by Gasteiger charge is -2.23. The van der Waals surface area contributed by atoms with Crippen molar-refractivity contribution in [1.82, 2.24) is 52.1 Å². The zero-order chi connectivity index (χ0) is 54.7. The fourth-order valence-corrected chi connectivity index (χ4v) is 7.85. The van der Waals surface area contributed by atoms with Crippen LogP contribution < -0.4 is 27.0 Å². The van der Waals surface area contributed by atoms with Crippen LogP contribution in [0, 0.1) is 23.5 Å². The van der Waals surface area contributed by atoms with E-state index in [0.29, 0.717) is 45.1 Å². The van der Waals surface area contributed by atoms with Crippen molar-refractivity contribution in [3.63, 3.8) is 0 Å². The van der Waals surface area contributed by atoms with Crippen LogP contribution in [0.1, 0.15) is 78.6 Å². The lowest BCUT2D eigenvalue weighted by Crippen LogP contribution is -2.42. The quantitative estimate of drug-likeness (QED) is 0.0299. The number of rotatable bonds is 23. The molecule has 0 radical (unpaired) electrons. The summed E-state index contributed by atoms with van der Waals surface area (Å²) in [5.41, 5.74) is 8.62. The van der Waals surface area contributed by atoms with Crippen LogP contribution in [0.2, 0.25) is 10.0 Å². The van der Waals surface area contributed by atoms with E-state index in [1.54, 1.807) is 75.4 Å². The van der Waals surface area contributed by atoms with E-state index in [1.165, 1.54) is 42.7 Å². The van der Waals surface area contributed by atoms with Crippen LogP contribution in [0.3, 0.4) is 0 Å². The Labute approximate surface area is 439 Å². The summed E-state index contributed by atoms with van der Waals surface area (Å²) in [6.07, 6.45) is 3.05. The van der Waals surface area contributed by atoms with Gasteiger partial charge in [0, 0.05) is 59.3 Å². The third-order valence-corrected chi connectivity index (χ3v) is 11.7. The number of hydrogen-bond acceptors (Lipinski definition) is 12. The number of ether oxygens (including phenoxy) is 1. The van der Waals surface area contributed by atoms with Crippen molar-refractivity contribution in [1.29, 1.82) is 0 Å². The van der Waals surface area contributed by atoms with Crippen molar-refractivity contribution in [2.24, 2.45) is 17.6 Å². The molecule has 398 valence electrons. The molecule has 0 saturated heterocycles. The zero-order valence-electron chi connectivity index (χ0n) is 41.0. The van der Waals surface area contributed by atoms with Crippen molar-refractivity contribution < 1.29 is 52.5 Å². The zero-order valence-corrected chi connectivity index (χ0v) is 42.6. The average Bonchev–Trinajstić information content (AvgIpc) is 4.12. The number of nitrogens with one attached hydrogen (secondary N) is 6. The van der Waals surface area contributed by atoms with Gasteiger partial charge in [0.2, 0.25) is 5.91 Å². The average molecular weight is 1080 g/mol. The van der Waals surface area contributed by atoms with Gasteiger partial charge in [-0.1, -0.05) is 71.7 Å². The van der Waals surface area contributed by atoms with Crippen molar-refractivity contribution >= 4 is 59.0 Å². The molecule has 0 aliphatic rings. The summed E-state index contributed by atoms with van der Waals surface area (Å²) in [6.45, 7) is 5.20. The number of aromatic nitrogens is 6. The van der Waals surface area contributed by atoms with Gasteiger partial charge in [-0.2, -0.15) is 30.8 Å². The van der Waals surface area contributed by atoms with E-state index in [1.807, 2.05) is 0 Å². The summed E-state index contributed by atoms with van der Waals surface area (Å²) in [4.78, 5) is 72.8. The summed E-state index contributed by atoms with van der Waals surface area (Å²) < 4.78 is 33.6. The highest BCUT2D eigenvalue weighted by molar-refractivity contribution is 6.31. The fourth-order valence-electron chi connectivity index (χ4n) is 7.51. The maximum Gasteiger partial charge on any atom is 0.407 e. The monoisotopic (exact) mass is 1080 g/mol. The molecule has 2 aromatic heterocycles. The molecular formula is C51H57Cl2F2N11O9.